The van der Waals surface area contributed by atoms with Gasteiger partial charge in [-0.1, -0.05) is 27.0 Å². The van der Waals surface area contributed by atoms with Crippen LogP contribution in [0.5, 0.6) is 0 Å². The zero-order chi connectivity index (χ0) is 11.4. The molecule has 2 heteroatoms. The Kier molecular flexibility index (Phi) is 4.88. The number of hydrogen-bond donors (Lipinski definition) is 0. The molecule has 1 saturated carbocycles. The minimum atomic E-state index is 0. The first-order valence-corrected chi connectivity index (χ1v) is 5.98. The predicted octanol–water partition coefficient (Wildman–Crippen LogP) is 3.82. The van der Waals surface area contributed by atoms with Gasteiger partial charge in [0.1, 0.15) is 0 Å². The fraction of sp³-hybridized carbons (Fsp3) is 0.533. The highest BCUT2D eigenvalue weighted by atomic mass is 16.5. The molecular formula is C15H23NO. The highest BCUT2D eigenvalue weighted by Gasteiger charge is 2.45. The van der Waals surface area contributed by atoms with Crippen molar-refractivity contribution in [2.24, 2.45) is 0 Å². The van der Waals surface area contributed by atoms with E-state index in [1.165, 1.54) is 18.5 Å². The maximum atomic E-state index is 5.67. The van der Waals surface area contributed by atoms with E-state index in [1.54, 1.807) is 6.08 Å². The molecule has 1 aromatic rings. The quantitative estimate of drug-likeness (QED) is 0.697. The number of hydrogen-bond acceptors (Lipinski definition) is 2. The van der Waals surface area contributed by atoms with E-state index in [2.05, 4.69) is 30.6 Å². The first-order valence-electron chi connectivity index (χ1n) is 5.98. The molecule has 2 rings (SSSR count). The van der Waals surface area contributed by atoms with E-state index in [0.29, 0.717) is 0 Å². The molecule has 1 aliphatic carbocycles. The number of aromatic nitrogens is 1. The summed E-state index contributed by atoms with van der Waals surface area (Å²) in [4.78, 5) is 4.61. The molecule has 2 nitrogen and oxygen atoms in total. The molecule has 1 aromatic heterocycles. The molecule has 1 aliphatic rings. The molecular weight excluding hydrogens is 210 g/mol. The Bertz CT molecular complexity index is 369. The van der Waals surface area contributed by atoms with E-state index < -0.39 is 0 Å². The van der Waals surface area contributed by atoms with Crippen molar-refractivity contribution < 1.29 is 4.74 Å². The van der Waals surface area contributed by atoms with Gasteiger partial charge >= 0.3 is 0 Å². The fourth-order valence-corrected chi connectivity index (χ4v) is 1.90. The highest BCUT2D eigenvalue weighted by Crippen LogP contribution is 2.47. The lowest BCUT2D eigenvalue weighted by Gasteiger charge is -2.15. The van der Waals surface area contributed by atoms with Gasteiger partial charge in [0.25, 0.3) is 0 Å². The first-order chi connectivity index (χ1) is 7.80. The molecule has 0 aromatic carbocycles. The van der Waals surface area contributed by atoms with E-state index in [4.69, 9.17) is 4.74 Å². The van der Waals surface area contributed by atoms with E-state index in [-0.39, 0.29) is 12.8 Å². The average molecular weight is 233 g/mol. The molecule has 0 bridgehead atoms. The summed E-state index contributed by atoms with van der Waals surface area (Å²) in [5.41, 5.74) is 2.33. The van der Waals surface area contributed by atoms with Crippen LogP contribution in [0.4, 0.5) is 0 Å². The molecule has 17 heavy (non-hydrogen) atoms. The zero-order valence-electron chi connectivity index (χ0n) is 9.91. The Hall–Kier alpha value is -1.15. The smallest absolute Gasteiger partial charge is 0.0627 e. The van der Waals surface area contributed by atoms with Gasteiger partial charge in [-0.3, -0.25) is 4.98 Å². The molecule has 0 aliphatic heterocycles. The molecule has 0 radical (unpaired) electrons. The average Bonchev–Trinajstić information content (AvgIpc) is 3.11. The zero-order valence-corrected chi connectivity index (χ0v) is 9.91. The first kappa shape index (κ1) is 13.9. The molecule has 1 fully saturated rings. The second-order valence-corrected chi connectivity index (χ2v) is 4.48. The van der Waals surface area contributed by atoms with Gasteiger partial charge in [-0.15, -0.1) is 0 Å². The maximum Gasteiger partial charge on any atom is 0.0627 e. The van der Waals surface area contributed by atoms with Crippen molar-refractivity contribution in [3.63, 3.8) is 0 Å². The Labute approximate surface area is 105 Å². The van der Waals surface area contributed by atoms with Gasteiger partial charge in [-0.25, -0.2) is 0 Å². The standard InChI is InChI=1S/C14H19NO.CH4/c1-3-10-16-11-14(8-9-14)13-7-5-6-12(4-2)15-13;/h4-7H,2-3,8-11H2,1H3;1H4. The van der Waals surface area contributed by atoms with Crippen LogP contribution in [0, 0.1) is 0 Å². The second-order valence-electron chi connectivity index (χ2n) is 4.48. The minimum absolute atomic E-state index is 0. The van der Waals surface area contributed by atoms with E-state index in [9.17, 15) is 0 Å². The third-order valence-corrected chi connectivity index (χ3v) is 3.10. The van der Waals surface area contributed by atoms with Crippen molar-refractivity contribution in [2.45, 2.75) is 39.0 Å². The van der Waals surface area contributed by atoms with Crippen molar-refractivity contribution in [3.05, 3.63) is 36.2 Å². The van der Waals surface area contributed by atoms with Crippen LogP contribution in [0.3, 0.4) is 0 Å². The number of nitrogens with zero attached hydrogens (tertiary/aromatic N) is 1. The molecule has 0 amide bonds. The third kappa shape index (κ3) is 3.16. The van der Waals surface area contributed by atoms with Crippen LogP contribution in [0.15, 0.2) is 24.8 Å². The van der Waals surface area contributed by atoms with Gasteiger partial charge in [0.05, 0.1) is 12.3 Å². The third-order valence-electron chi connectivity index (χ3n) is 3.10. The summed E-state index contributed by atoms with van der Waals surface area (Å²) in [6, 6.07) is 6.15. The summed E-state index contributed by atoms with van der Waals surface area (Å²) < 4.78 is 5.67. The van der Waals surface area contributed by atoms with Crippen LogP contribution in [0.2, 0.25) is 0 Å². The fourth-order valence-electron chi connectivity index (χ4n) is 1.90. The summed E-state index contributed by atoms with van der Waals surface area (Å²) in [7, 11) is 0. The lowest BCUT2D eigenvalue weighted by Crippen LogP contribution is -2.17. The van der Waals surface area contributed by atoms with Gasteiger partial charge in [-0.2, -0.15) is 0 Å². The van der Waals surface area contributed by atoms with E-state index in [0.717, 1.165) is 25.3 Å². The van der Waals surface area contributed by atoms with Crippen LogP contribution >= 0.6 is 0 Å². The lowest BCUT2D eigenvalue weighted by atomic mass is 10.0. The van der Waals surface area contributed by atoms with Gasteiger partial charge < -0.3 is 4.74 Å². The largest absolute Gasteiger partial charge is 0.380 e. The summed E-state index contributed by atoms with van der Waals surface area (Å²) in [6.45, 7) is 7.56. The SMILES string of the molecule is C.C=Cc1cccc(C2(COCCC)CC2)n1. The van der Waals surface area contributed by atoms with Crippen molar-refractivity contribution >= 4 is 6.08 Å². The lowest BCUT2D eigenvalue weighted by molar-refractivity contribution is 0.113. The molecule has 1 heterocycles. The molecule has 0 atom stereocenters. The molecule has 0 unspecified atom stereocenters. The van der Waals surface area contributed by atoms with Crippen molar-refractivity contribution in [1.29, 1.82) is 0 Å². The Balaban J connectivity index is 0.00000144. The van der Waals surface area contributed by atoms with Gasteiger partial charge in [0, 0.05) is 17.7 Å². The minimum Gasteiger partial charge on any atom is -0.380 e. The second kappa shape index (κ2) is 5.97. The normalized spacial score (nSPS) is 16.1. The monoisotopic (exact) mass is 233 g/mol. The number of pyridine rings is 1. The van der Waals surface area contributed by atoms with Gasteiger partial charge in [0.2, 0.25) is 0 Å². The predicted molar refractivity (Wildman–Crippen MR) is 73.1 cm³/mol. The summed E-state index contributed by atoms with van der Waals surface area (Å²) in [5.74, 6) is 0. The maximum absolute atomic E-state index is 5.67. The number of ether oxygens (including phenoxy) is 1. The summed E-state index contributed by atoms with van der Waals surface area (Å²) >= 11 is 0. The van der Waals surface area contributed by atoms with Crippen LogP contribution < -0.4 is 0 Å². The Morgan fingerprint density at radius 1 is 1.47 bits per heavy atom. The Morgan fingerprint density at radius 3 is 2.82 bits per heavy atom. The van der Waals surface area contributed by atoms with E-state index in [1.807, 2.05) is 6.07 Å². The topological polar surface area (TPSA) is 22.1 Å². The van der Waals surface area contributed by atoms with Gasteiger partial charge in [-0.05, 0) is 37.5 Å². The molecule has 0 saturated heterocycles. The summed E-state index contributed by atoms with van der Waals surface area (Å²) in [5, 5.41) is 0. The summed E-state index contributed by atoms with van der Waals surface area (Å²) in [6.07, 6.45) is 5.28. The number of rotatable bonds is 6. The molecule has 94 valence electrons. The van der Waals surface area contributed by atoms with Crippen LogP contribution in [0.25, 0.3) is 6.08 Å². The van der Waals surface area contributed by atoms with Gasteiger partial charge in [0.15, 0.2) is 0 Å². The van der Waals surface area contributed by atoms with E-state index >= 15 is 0 Å². The Morgan fingerprint density at radius 2 is 2.24 bits per heavy atom. The van der Waals surface area contributed by atoms with Crippen molar-refractivity contribution in [2.75, 3.05) is 13.2 Å². The van der Waals surface area contributed by atoms with Crippen molar-refractivity contribution in [1.82, 2.24) is 4.98 Å². The van der Waals surface area contributed by atoms with Crippen molar-refractivity contribution in [3.8, 4) is 0 Å². The van der Waals surface area contributed by atoms with Crippen LogP contribution in [-0.2, 0) is 10.2 Å². The van der Waals surface area contributed by atoms with Crippen LogP contribution in [-0.4, -0.2) is 18.2 Å². The molecule has 0 spiro atoms. The molecule has 0 N–H and O–H groups in total. The van der Waals surface area contributed by atoms with Crippen LogP contribution in [0.1, 0.15) is 45.0 Å². The highest BCUT2D eigenvalue weighted by molar-refractivity contribution is 5.42.